The first-order chi connectivity index (χ1) is 10.3. The van der Waals surface area contributed by atoms with E-state index in [4.69, 9.17) is 4.74 Å². The lowest BCUT2D eigenvalue weighted by molar-refractivity contribution is 0.0287. The summed E-state index contributed by atoms with van der Waals surface area (Å²) in [7, 11) is 0. The first kappa shape index (κ1) is 13.7. The molecule has 0 bridgehead atoms. The van der Waals surface area contributed by atoms with Crippen molar-refractivity contribution >= 4 is 5.91 Å². The number of nitrogens with zero attached hydrogens (tertiary/aromatic N) is 3. The van der Waals surface area contributed by atoms with Crippen LogP contribution in [0.4, 0.5) is 0 Å². The summed E-state index contributed by atoms with van der Waals surface area (Å²) in [4.78, 5) is 12.2. The van der Waals surface area contributed by atoms with Crippen molar-refractivity contribution in [3.05, 3.63) is 42.5 Å². The molecule has 1 atom stereocenters. The maximum absolute atomic E-state index is 12.2. The zero-order valence-corrected chi connectivity index (χ0v) is 11.5. The average molecular weight is 287 g/mol. The van der Waals surface area contributed by atoms with Gasteiger partial charge < -0.3 is 15.4 Å². The molecule has 0 spiro atoms. The lowest BCUT2D eigenvalue weighted by Gasteiger charge is -2.23. The number of hydrogen-bond acceptors (Lipinski definition) is 5. The molecular weight excluding hydrogens is 270 g/mol. The van der Waals surface area contributed by atoms with Gasteiger partial charge in [-0.15, -0.1) is 10.2 Å². The molecule has 1 unspecified atom stereocenters. The van der Waals surface area contributed by atoms with Crippen molar-refractivity contribution in [1.29, 1.82) is 0 Å². The van der Waals surface area contributed by atoms with Crippen LogP contribution in [-0.4, -0.2) is 53.0 Å². The lowest BCUT2D eigenvalue weighted by Crippen LogP contribution is -2.45. The van der Waals surface area contributed by atoms with Crippen LogP contribution >= 0.6 is 0 Å². The Morgan fingerprint density at radius 1 is 1.43 bits per heavy atom. The van der Waals surface area contributed by atoms with Crippen molar-refractivity contribution in [2.45, 2.75) is 6.10 Å². The van der Waals surface area contributed by atoms with Crippen LogP contribution in [0.2, 0.25) is 0 Å². The highest BCUT2D eigenvalue weighted by Crippen LogP contribution is 2.09. The summed E-state index contributed by atoms with van der Waals surface area (Å²) < 4.78 is 7.30. The Labute approximate surface area is 122 Å². The van der Waals surface area contributed by atoms with E-state index in [0.29, 0.717) is 18.7 Å². The summed E-state index contributed by atoms with van der Waals surface area (Å²) in [5.41, 5.74) is 1.45. The number of amides is 1. The van der Waals surface area contributed by atoms with Crippen molar-refractivity contribution in [2.75, 3.05) is 26.2 Å². The lowest BCUT2D eigenvalue weighted by atomic mass is 10.2. The fourth-order valence-electron chi connectivity index (χ4n) is 2.20. The third kappa shape index (κ3) is 3.45. The van der Waals surface area contributed by atoms with E-state index in [0.717, 1.165) is 18.8 Å². The van der Waals surface area contributed by atoms with E-state index in [1.807, 2.05) is 12.1 Å². The van der Waals surface area contributed by atoms with E-state index < -0.39 is 0 Å². The molecular formula is C14H17N5O2. The van der Waals surface area contributed by atoms with E-state index in [9.17, 15) is 4.79 Å². The number of carbonyl (C=O) groups excluding carboxylic acids is 1. The number of hydrogen-bond donors (Lipinski definition) is 2. The normalized spacial score (nSPS) is 18.4. The highest BCUT2D eigenvalue weighted by Gasteiger charge is 2.15. The largest absolute Gasteiger partial charge is 0.374 e. The minimum atomic E-state index is -0.112. The molecule has 7 heteroatoms. The van der Waals surface area contributed by atoms with Gasteiger partial charge in [0, 0.05) is 30.9 Å². The molecule has 1 amide bonds. The second kappa shape index (κ2) is 6.47. The van der Waals surface area contributed by atoms with Crippen molar-refractivity contribution < 1.29 is 9.53 Å². The fourth-order valence-corrected chi connectivity index (χ4v) is 2.20. The minimum Gasteiger partial charge on any atom is -0.374 e. The monoisotopic (exact) mass is 287 g/mol. The molecule has 2 aromatic rings. The summed E-state index contributed by atoms with van der Waals surface area (Å²) in [6.45, 7) is 2.82. The molecule has 21 heavy (non-hydrogen) atoms. The van der Waals surface area contributed by atoms with Crippen LogP contribution in [0.3, 0.4) is 0 Å². The van der Waals surface area contributed by atoms with Crippen LogP contribution in [-0.2, 0) is 4.74 Å². The Hall–Kier alpha value is -2.25. The topological polar surface area (TPSA) is 81.1 Å². The molecule has 3 rings (SSSR count). The average Bonchev–Trinajstić information content (AvgIpc) is 3.08. The number of nitrogens with one attached hydrogen (secondary N) is 2. The van der Waals surface area contributed by atoms with Gasteiger partial charge in [0.1, 0.15) is 12.7 Å². The summed E-state index contributed by atoms with van der Waals surface area (Å²) in [5, 5.41) is 13.6. The molecule has 1 aromatic carbocycles. The third-order valence-corrected chi connectivity index (χ3v) is 3.32. The highest BCUT2D eigenvalue weighted by molar-refractivity contribution is 5.94. The van der Waals surface area contributed by atoms with Gasteiger partial charge >= 0.3 is 0 Å². The van der Waals surface area contributed by atoms with Gasteiger partial charge in [-0.2, -0.15) is 0 Å². The summed E-state index contributed by atoms with van der Waals surface area (Å²) >= 11 is 0. The van der Waals surface area contributed by atoms with Gasteiger partial charge in [-0.05, 0) is 18.2 Å². The van der Waals surface area contributed by atoms with Crippen molar-refractivity contribution in [1.82, 2.24) is 25.4 Å². The number of ether oxygens (including phenoxy) is 1. The zero-order valence-electron chi connectivity index (χ0n) is 11.5. The predicted molar refractivity (Wildman–Crippen MR) is 76.3 cm³/mol. The third-order valence-electron chi connectivity index (χ3n) is 3.32. The van der Waals surface area contributed by atoms with Gasteiger partial charge in [-0.25, -0.2) is 0 Å². The first-order valence-electron chi connectivity index (χ1n) is 6.88. The quantitative estimate of drug-likeness (QED) is 0.826. The van der Waals surface area contributed by atoms with E-state index >= 15 is 0 Å². The molecule has 2 heterocycles. The van der Waals surface area contributed by atoms with E-state index in [-0.39, 0.29) is 12.0 Å². The van der Waals surface area contributed by atoms with Crippen LogP contribution in [0.25, 0.3) is 5.69 Å². The van der Waals surface area contributed by atoms with Gasteiger partial charge in [0.25, 0.3) is 5.91 Å². The first-order valence-corrected chi connectivity index (χ1v) is 6.88. The van der Waals surface area contributed by atoms with Gasteiger partial charge in [-0.3, -0.25) is 9.36 Å². The number of morpholine rings is 1. The summed E-state index contributed by atoms with van der Waals surface area (Å²) in [6, 6.07) is 7.32. The predicted octanol–water partition coefficient (Wildman–Crippen LogP) is -0.0145. The number of rotatable bonds is 4. The molecule has 1 fully saturated rings. The Balaban J connectivity index is 1.63. The Morgan fingerprint density at radius 3 is 3.05 bits per heavy atom. The summed E-state index contributed by atoms with van der Waals surface area (Å²) in [6.07, 6.45) is 3.22. The molecule has 1 aromatic heterocycles. The molecule has 0 radical (unpaired) electrons. The smallest absolute Gasteiger partial charge is 0.251 e. The Morgan fingerprint density at radius 2 is 2.29 bits per heavy atom. The van der Waals surface area contributed by atoms with Crippen molar-refractivity contribution in [3.8, 4) is 5.69 Å². The molecule has 7 nitrogen and oxygen atoms in total. The van der Waals surface area contributed by atoms with Crippen molar-refractivity contribution in [3.63, 3.8) is 0 Å². The van der Waals surface area contributed by atoms with Crippen LogP contribution in [0.15, 0.2) is 36.9 Å². The van der Waals surface area contributed by atoms with E-state index in [1.165, 1.54) is 0 Å². The second-order valence-electron chi connectivity index (χ2n) is 4.83. The number of aromatic nitrogens is 3. The maximum Gasteiger partial charge on any atom is 0.251 e. The molecule has 110 valence electrons. The fraction of sp³-hybridized carbons (Fsp3) is 0.357. The van der Waals surface area contributed by atoms with Crippen LogP contribution in [0.1, 0.15) is 10.4 Å². The van der Waals surface area contributed by atoms with E-state index in [2.05, 4.69) is 20.8 Å². The number of carbonyl (C=O) groups is 1. The summed E-state index contributed by atoms with van der Waals surface area (Å²) in [5.74, 6) is -0.112. The minimum absolute atomic E-state index is 0.0312. The molecule has 1 aliphatic rings. The van der Waals surface area contributed by atoms with Gasteiger partial charge in [0.05, 0.1) is 12.7 Å². The standard InChI is InChI=1S/C14H17N5O2/c20-14(16-8-13-7-15-4-5-21-13)11-2-1-3-12(6-11)19-9-17-18-10-19/h1-3,6,9-10,13,15H,4-5,7-8H2,(H,16,20). The van der Waals surface area contributed by atoms with Gasteiger partial charge in [0.2, 0.25) is 0 Å². The number of benzene rings is 1. The Kier molecular flexibility index (Phi) is 4.23. The van der Waals surface area contributed by atoms with E-state index in [1.54, 1.807) is 29.4 Å². The van der Waals surface area contributed by atoms with Crippen LogP contribution < -0.4 is 10.6 Å². The van der Waals surface area contributed by atoms with Crippen LogP contribution in [0.5, 0.6) is 0 Å². The zero-order chi connectivity index (χ0) is 14.5. The molecule has 1 saturated heterocycles. The molecule has 1 aliphatic heterocycles. The maximum atomic E-state index is 12.2. The van der Waals surface area contributed by atoms with Gasteiger partial charge in [0.15, 0.2) is 0 Å². The Bertz CT molecular complexity index is 593. The second-order valence-corrected chi connectivity index (χ2v) is 4.83. The molecule has 0 saturated carbocycles. The SMILES string of the molecule is O=C(NCC1CNCCO1)c1cccc(-n2cnnc2)c1. The van der Waals surface area contributed by atoms with Gasteiger partial charge in [-0.1, -0.05) is 6.07 Å². The molecule has 0 aliphatic carbocycles. The van der Waals surface area contributed by atoms with Crippen LogP contribution in [0, 0.1) is 0 Å². The molecule has 2 N–H and O–H groups in total. The van der Waals surface area contributed by atoms with Crippen molar-refractivity contribution in [2.24, 2.45) is 0 Å². The highest BCUT2D eigenvalue weighted by atomic mass is 16.5.